The number of amides is 1. The molecule has 0 fully saturated rings. The molecule has 26 heavy (non-hydrogen) atoms. The minimum absolute atomic E-state index is 0.0934. The van der Waals surface area contributed by atoms with E-state index in [4.69, 9.17) is 14.6 Å². The Bertz CT molecular complexity index is 561. The normalized spacial score (nSPS) is 13.6. The van der Waals surface area contributed by atoms with Gasteiger partial charge in [-0.1, -0.05) is 30.3 Å². The molecule has 0 radical (unpaired) electrons. The van der Waals surface area contributed by atoms with Gasteiger partial charge in [0.15, 0.2) is 0 Å². The number of ether oxygens (including phenoxy) is 2. The molecule has 0 saturated heterocycles. The Morgan fingerprint density at radius 2 is 1.85 bits per heavy atom. The lowest BCUT2D eigenvalue weighted by Crippen LogP contribution is -2.45. The van der Waals surface area contributed by atoms with Crippen molar-refractivity contribution in [1.29, 1.82) is 0 Å². The first-order valence-corrected chi connectivity index (χ1v) is 9.43. The van der Waals surface area contributed by atoms with Crippen LogP contribution in [0.25, 0.3) is 0 Å². The van der Waals surface area contributed by atoms with E-state index in [0.717, 1.165) is 5.56 Å². The van der Waals surface area contributed by atoms with E-state index in [1.807, 2.05) is 30.3 Å². The van der Waals surface area contributed by atoms with Gasteiger partial charge in [-0.15, -0.1) is 0 Å². The third-order valence-electron chi connectivity index (χ3n) is 3.00. The number of benzene rings is 1. The molecule has 146 valence electrons. The van der Waals surface area contributed by atoms with Gasteiger partial charge in [-0.25, -0.2) is 9.59 Å². The number of alkyl carbamates (subject to hydrolysis) is 1. The summed E-state index contributed by atoms with van der Waals surface area (Å²) < 4.78 is 10.4. The number of thioether (sulfide) groups is 1. The molecule has 1 amide bonds. The Balaban J connectivity index is 2.62. The van der Waals surface area contributed by atoms with Gasteiger partial charge in [-0.2, -0.15) is 11.8 Å². The lowest BCUT2D eigenvalue weighted by Gasteiger charge is -2.23. The van der Waals surface area contributed by atoms with Crippen LogP contribution in [0.1, 0.15) is 26.3 Å². The second-order valence-electron chi connectivity index (χ2n) is 6.67. The van der Waals surface area contributed by atoms with Gasteiger partial charge in [-0.05, 0) is 26.3 Å². The Morgan fingerprint density at radius 1 is 1.19 bits per heavy atom. The molecule has 0 unspecified atom stereocenters. The van der Waals surface area contributed by atoms with Gasteiger partial charge in [0, 0.05) is 11.5 Å². The van der Waals surface area contributed by atoms with Gasteiger partial charge in [0.05, 0.1) is 12.7 Å². The average Bonchev–Trinajstić information content (AvgIpc) is 2.57. The summed E-state index contributed by atoms with van der Waals surface area (Å²) in [6.07, 6.45) is -1.61. The fourth-order valence-electron chi connectivity index (χ4n) is 1.82. The fourth-order valence-corrected chi connectivity index (χ4v) is 2.79. The smallest absolute Gasteiger partial charge is 0.408 e. The van der Waals surface area contributed by atoms with Gasteiger partial charge in [0.25, 0.3) is 0 Å². The van der Waals surface area contributed by atoms with E-state index >= 15 is 0 Å². The molecular formula is C18H27NO6S. The summed E-state index contributed by atoms with van der Waals surface area (Å²) in [7, 11) is 0. The second-order valence-corrected chi connectivity index (χ2v) is 7.74. The van der Waals surface area contributed by atoms with Crippen molar-refractivity contribution in [2.75, 3.05) is 18.1 Å². The predicted octanol–water partition coefficient (Wildman–Crippen LogP) is 1.71. The summed E-state index contributed by atoms with van der Waals surface area (Å²) in [4.78, 5) is 24.3. The lowest BCUT2D eigenvalue weighted by molar-refractivity contribution is -0.146. The first-order valence-electron chi connectivity index (χ1n) is 8.28. The molecule has 1 aromatic rings. The highest BCUT2D eigenvalue weighted by Crippen LogP contribution is 2.11. The van der Waals surface area contributed by atoms with E-state index in [1.54, 1.807) is 20.8 Å². The van der Waals surface area contributed by atoms with Crippen LogP contribution in [0.3, 0.4) is 0 Å². The van der Waals surface area contributed by atoms with Crippen LogP contribution in [0, 0.1) is 0 Å². The minimum atomic E-state index is -0.926. The number of carbonyl (C=O) groups is 2. The Labute approximate surface area is 158 Å². The Kier molecular flexibility index (Phi) is 9.47. The maximum atomic E-state index is 12.3. The third-order valence-corrected chi connectivity index (χ3v) is 4.19. The van der Waals surface area contributed by atoms with Gasteiger partial charge in [0.1, 0.15) is 18.2 Å². The van der Waals surface area contributed by atoms with Crippen LogP contribution in [-0.4, -0.2) is 58.1 Å². The van der Waals surface area contributed by atoms with Crippen LogP contribution in [0.2, 0.25) is 0 Å². The number of hydrogen-bond donors (Lipinski definition) is 3. The van der Waals surface area contributed by atoms with Crippen LogP contribution >= 0.6 is 11.8 Å². The number of esters is 1. The molecule has 0 bridgehead atoms. The maximum absolute atomic E-state index is 12.3. The van der Waals surface area contributed by atoms with E-state index in [2.05, 4.69) is 5.32 Å². The van der Waals surface area contributed by atoms with Crippen molar-refractivity contribution in [3.05, 3.63) is 35.9 Å². The standard InChI is InChI=1S/C18H27NO6S/c1-18(2,3)25-17(23)19-15(12-26-11-14(21)9-20)16(22)24-10-13-7-5-4-6-8-13/h4-8,14-15,20-21H,9-12H2,1-3H3,(H,19,23)/t14-,15+/m1/s1. The minimum Gasteiger partial charge on any atom is -0.459 e. The molecule has 7 nitrogen and oxygen atoms in total. The van der Waals surface area contributed by atoms with Crippen LogP contribution < -0.4 is 5.32 Å². The third kappa shape index (κ3) is 9.65. The van der Waals surface area contributed by atoms with E-state index in [0.29, 0.717) is 0 Å². The number of aliphatic hydroxyl groups excluding tert-OH is 2. The number of hydrogen-bond acceptors (Lipinski definition) is 7. The molecule has 8 heteroatoms. The number of aliphatic hydroxyl groups is 2. The van der Waals surface area contributed by atoms with Crippen molar-refractivity contribution in [1.82, 2.24) is 5.32 Å². The summed E-state index contributed by atoms with van der Waals surface area (Å²) >= 11 is 1.22. The van der Waals surface area contributed by atoms with Crippen molar-refractivity contribution in [2.45, 2.75) is 45.1 Å². The van der Waals surface area contributed by atoms with Gasteiger partial charge >= 0.3 is 12.1 Å². The van der Waals surface area contributed by atoms with E-state index in [1.165, 1.54) is 11.8 Å². The first-order chi connectivity index (χ1) is 12.2. The Hall–Kier alpha value is -1.77. The number of nitrogens with one attached hydrogen (secondary N) is 1. The van der Waals surface area contributed by atoms with Crippen molar-refractivity contribution in [2.24, 2.45) is 0 Å². The molecule has 2 atom stereocenters. The van der Waals surface area contributed by atoms with E-state index in [9.17, 15) is 14.7 Å². The number of carbonyl (C=O) groups excluding carboxylic acids is 2. The highest BCUT2D eigenvalue weighted by molar-refractivity contribution is 7.99. The van der Waals surface area contributed by atoms with Gasteiger partial charge in [0.2, 0.25) is 0 Å². The summed E-state index contributed by atoms with van der Waals surface area (Å²) in [5, 5.41) is 20.7. The monoisotopic (exact) mass is 385 g/mol. The summed E-state index contributed by atoms with van der Waals surface area (Å²) in [5.41, 5.74) is 0.142. The highest BCUT2D eigenvalue weighted by atomic mass is 32.2. The van der Waals surface area contributed by atoms with Gasteiger partial charge in [-0.3, -0.25) is 0 Å². The molecule has 0 aliphatic carbocycles. The second kappa shape index (κ2) is 11.1. The van der Waals surface area contributed by atoms with Gasteiger partial charge < -0.3 is 25.0 Å². The molecule has 0 heterocycles. The summed E-state index contributed by atoms with van der Waals surface area (Å²) in [6.45, 7) is 4.90. The van der Waals surface area contributed by atoms with Crippen LogP contribution in [0.15, 0.2) is 30.3 Å². The van der Waals surface area contributed by atoms with E-state index < -0.39 is 29.8 Å². The van der Waals surface area contributed by atoms with Crippen LogP contribution in [-0.2, 0) is 20.9 Å². The number of rotatable bonds is 9. The lowest BCUT2D eigenvalue weighted by atomic mass is 10.2. The predicted molar refractivity (Wildman–Crippen MR) is 99.8 cm³/mol. The molecule has 0 aliphatic rings. The molecule has 3 N–H and O–H groups in total. The largest absolute Gasteiger partial charge is 0.459 e. The molecule has 0 aliphatic heterocycles. The highest BCUT2D eigenvalue weighted by Gasteiger charge is 2.26. The zero-order valence-corrected chi connectivity index (χ0v) is 16.1. The van der Waals surface area contributed by atoms with Crippen molar-refractivity contribution < 1.29 is 29.3 Å². The van der Waals surface area contributed by atoms with Crippen LogP contribution in [0.5, 0.6) is 0 Å². The van der Waals surface area contributed by atoms with Crippen molar-refractivity contribution in [3.8, 4) is 0 Å². The SMILES string of the molecule is CC(C)(C)OC(=O)N[C@@H](CSC[C@H](O)CO)C(=O)OCc1ccccc1. The Morgan fingerprint density at radius 3 is 2.42 bits per heavy atom. The summed E-state index contributed by atoms with van der Waals surface area (Å²) in [5.74, 6) is -0.176. The topological polar surface area (TPSA) is 105 Å². The van der Waals surface area contributed by atoms with E-state index in [-0.39, 0.29) is 24.7 Å². The van der Waals surface area contributed by atoms with Crippen LogP contribution in [0.4, 0.5) is 4.79 Å². The first kappa shape index (κ1) is 22.3. The van der Waals surface area contributed by atoms with Crippen molar-refractivity contribution in [3.63, 3.8) is 0 Å². The molecule has 0 saturated carbocycles. The quantitative estimate of drug-likeness (QED) is 0.556. The summed E-state index contributed by atoms with van der Waals surface area (Å²) in [6, 6.07) is 8.27. The van der Waals surface area contributed by atoms with Crippen molar-refractivity contribution >= 4 is 23.8 Å². The molecule has 1 rings (SSSR count). The molecular weight excluding hydrogens is 358 g/mol. The molecule has 1 aromatic carbocycles. The molecule has 0 aromatic heterocycles. The fraction of sp³-hybridized carbons (Fsp3) is 0.556. The molecule has 0 spiro atoms. The maximum Gasteiger partial charge on any atom is 0.408 e. The average molecular weight is 385 g/mol. The zero-order chi connectivity index (χ0) is 19.6. The zero-order valence-electron chi connectivity index (χ0n) is 15.3.